The van der Waals surface area contributed by atoms with Gasteiger partial charge in [-0.2, -0.15) is 0 Å². The van der Waals surface area contributed by atoms with E-state index in [0.29, 0.717) is 37.6 Å². The van der Waals surface area contributed by atoms with E-state index < -0.39 is 6.10 Å². The maximum Gasteiger partial charge on any atom is 0.124 e. The zero-order valence-corrected chi connectivity index (χ0v) is 12.6. The van der Waals surface area contributed by atoms with E-state index in [0.717, 1.165) is 0 Å². The molecule has 0 saturated carbocycles. The molecular weight excluding hydrogens is 277 g/mol. The van der Waals surface area contributed by atoms with E-state index in [1.807, 2.05) is 6.92 Å². The number of hydrogen-bond donors (Lipinski definition) is 2. The van der Waals surface area contributed by atoms with Crippen LogP contribution in [0.25, 0.3) is 0 Å². The maximum atomic E-state index is 13.3. The van der Waals surface area contributed by atoms with E-state index in [2.05, 4.69) is 5.32 Å². The van der Waals surface area contributed by atoms with E-state index in [4.69, 9.17) is 14.2 Å². The molecule has 0 radical (unpaired) electrons. The average molecular weight is 301 g/mol. The molecule has 1 aromatic rings. The minimum Gasteiger partial charge on any atom is -0.490 e. The summed E-state index contributed by atoms with van der Waals surface area (Å²) in [4.78, 5) is 0. The van der Waals surface area contributed by atoms with Crippen LogP contribution < -0.4 is 10.1 Å². The van der Waals surface area contributed by atoms with Crippen molar-refractivity contribution in [3.05, 3.63) is 29.6 Å². The first-order valence-corrected chi connectivity index (χ1v) is 7.04. The molecule has 1 rings (SSSR count). The molecule has 1 aromatic carbocycles. The van der Waals surface area contributed by atoms with Crippen molar-refractivity contribution in [2.24, 2.45) is 0 Å². The van der Waals surface area contributed by atoms with Crippen molar-refractivity contribution in [3.63, 3.8) is 0 Å². The van der Waals surface area contributed by atoms with Crippen LogP contribution in [0, 0.1) is 5.82 Å². The van der Waals surface area contributed by atoms with E-state index in [-0.39, 0.29) is 19.0 Å². The minimum absolute atomic E-state index is 0.108. The molecular formula is C15H24FNO4. The zero-order valence-electron chi connectivity index (χ0n) is 12.6. The average Bonchev–Trinajstić information content (AvgIpc) is 2.48. The Morgan fingerprint density at radius 3 is 2.86 bits per heavy atom. The van der Waals surface area contributed by atoms with Gasteiger partial charge in [-0.1, -0.05) is 0 Å². The lowest BCUT2D eigenvalue weighted by molar-refractivity contribution is 0.0162. The van der Waals surface area contributed by atoms with Gasteiger partial charge in [0.2, 0.25) is 0 Å². The largest absolute Gasteiger partial charge is 0.490 e. The molecule has 21 heavy (non-hydrogen) atoms. The number of rotatable bonds is 11. The Balaban J connectivity index is 2.51. The van der Waals surface area contributed by atoms with Crippen molar-refractivity contribution in [2.75, 3.05) is 40.1 Å². The molecule has 0 spiro atoms. The first-order chi connectivity index (χ1) is 10.2. The second kappa shape index (κ2) is 10.5. The monoisotopic (exact) mass is 301 g/mol. The summed E-state index contributed by atoms with van der Waals surface area (Å²) in [6.07, 6.45) is -0.704. The summed E-state index contributed by atoms with van der Waals surface area (Å²) in [6, 6.07) is 4.32. The van der Waals surface area contributed by atoms with Crippen LogP contribution in [0.3, 0.4) is 0 Å². The molecule has 0 aliphatic rings. The van der Waals surface area contributed by atoms with Crippen LogP contribution in [0.5, 0.6) is 5.75 Å². The highest BCUT2D eigenvalue weighted by Crippen LogP contribution is 2.20. The molecule has 2 N–H and O–H groups in total. The van der Waals surface area contributed by atoms with Gasteiger partial charge in [0, 0.05) is 32.4 Å². The minimum atomic E-state index is -0.704. The summed E-state index contributed by atoms with van der Waals surface area (Å²) in [5.74, 6) is 0.234. The van der Waals surface area contributed by atoms with Gasteiger partial charge in [-0.05, 0) is 25.1 Å². The van der Waals surface area contributed by atoms with Crippen molar-refractivity contribution in [2.45, 2.75) is 19.6 Å². The second-order valence-corrected chi connectivity index (χ2v) is 4.55. The summed E-state index contributed by atoms with van der Waals surface area (Å²) in [6.45, 7) is 4.45. The Bertz CT molecular complexity index is 403. The fourth-order valence-corrected chi connectivity index (χ4v) is 1.71. The SMILES string of the molecule is CCOCC(O)COc1ccc(F)cc1CNCCOC. The van der Waals surface area contributed by atoms with E-state index in [1.54, 1.807) is 13.2 Å². The van der Waals surface area contributed by atoms with Crippen molar-refractivity contribution in [1.29, 1.82) is 0 Å². The van der Waals surface area contributed by atoms with Crippen LogP contribution in [-0.4, -0.2) is 51.3 Å². The highest BCUT2D eigenvalue weighted by Gasteiger charge is 2.09. The molecule has 0 aliphatic heterocycles. The van der Waals surface area contributed by atoms with Gasteiger partial charge in [0.1, 0.15) is 24.3 Å². The molecule has 0 saturated heterocycles. The number of aliphatic hydroxyl groups excluding tert-OH is 1. The highest BCUT2D eigenvalue weighted by molar-refractivity contribution is 5.34. The number of benzene rings is 1. The quantitative estimate of drug-likeness (QED) is 0.604. The van der Waals surface area contributed by atoms with Gasteiger partial charge in [0.05, 0.1) is 13.2 Å². The van der Waals surface area contributed by atoms with E-state index in [1.165, 1.54) is 12.1 Å². The molecule has 6 heteroatoms. The van der Waals surface area contributed by atoms with E-state index in [9.17, 15) is 9.50 Å². The Labute approximate surface area is 125 Å². The molecule has 0 bridgehead atoms. The number of aliphatic hydroxyl groups is 1. The predicted molar refractivity (Wildman–Crippen MR) is 78.0 cm³/mol. The first-order valence-electron chi connectivity index (χ1n) is 7.04. The Morgan fingerprint density at radius 1 is 1.33 bits per heavy atom. The standard InChI is InChI=1S/C15H24FNO4/c1-3-20-10-14(18)11-21-15-5-4-13(16)8-12(15)9-17-6-7-19-2/h4-5,8,14,17-18H,3,6-7,9-11H2,1-2H3. The maximum absolute atomic E-state index is 13.3. The Hall–Kier alpha value is -1.21. The first kappa shape index (κ1) is 17.8. The van der Waals surface area contributed by atoms with Crippen LogP contribution >= 0.6 is 0 Å². The van der Waals surface area contributed by atoms with Crippen LogP contribution in [0.15, 0.2) is 18.2 Å². The summed E-state index contributed by atoms with van der Waals surface area (Å²) < 4.78 is 28.9. The lowest BCUT2D eigenvalue weighted by Crippen LogP contribution is -2.24. The van der Waals surface area contributed by atoms with Crippen molar-refractivity contribution in [1.82, 2.24) is 5.32 Å². The number of nitrogens with one attached hydrogen (secondary N) is 1. The van der Waals surface area contributed by atoms with Crippen molar-refractivity contribution >= 4 is 0 Å². The number of methoxy groups -OCH3 is 1. The topological polar surface area (TPSA) is 60.0 Å². The van der Waals surface area contributed by atoms with Gasteiger partial charge < -0.3 is 24.6 Å². The number of halogens is 1. The van der Waals surface area contributed by atoms with Gasteiger partial charge >= 0.3 is 0 Å². The summed E-state index contributed by atoms with van der Waals surface area (Å²) >= 11 is 0. The molecule has 0 aliphatic carbocycles. The highest BCUT2D eigenvalue weighted by atomic mass is 19.1. The van der Waals surface area contributed by atoms with Crippen LogP contribution in [0.1, 0.15) is 12.5 Å². The summed E-state index contributed by atoms with van der Waals surface area (Å²) in [7, 11) is 1.62. The molecule has 0 aromatic heterocycles. The molecule has 0 heterocycles. The van der Waals surface area contributed by atoms with Gasteiger partial charge in [-0.25, -0.2) is 4.39 Å². The Morgan fingerprint density at radius 2 is 2.14 bits per heavy atom. The van der Waals surface area contributed by atoms with Crippen LogP contribution in [0.2, 0.25) is 0 Å². The fraction of sp³-hybridized carbons (Fsp3) is 0.600. The third kappa shape index (κ3) is 7.38. The molecule has 1 unspecified atom stereocenters. The fourth-order valence-electron chi connectivity index (χ4n) is 1.71. The van der Waals surface area contributed by atoms with E-state index >= 15 is 0 Å². The molecule has 120 valence electrons. The molecule has 1 atom stereocenters. The second-order valence-electron chi connectivity index (χ2n) is 4.55. The third-order valence-electron chi connectivity index (χ3n) is 2.77. The lowest BCUT2D eigenvalue weighted by atomic mass is 10.2. The Kier molecular flexibility index (Phi) is 8.93. The number of ether oxygens (including phenoxy) is 3. The van der Waals surface area contributed by atoms with Crippen LogP contribution in [-0.2, 0) is 16.0 Å². The predicted octanol–water partition coefficient (Wildman–Crippen LogP) is 1.34. The number of hydrogen-bond acceptors (Lipinski definition) is 5. The normalized spacial score (nSPS) is 12.4. The van der Waals surface area contributed by atoms with Crippen molar-refractivity contribution in [3.8, 4) is 5.75 Å². The third-order valence-corrected chi connectivity index (χ3v) is 2.77. The summed E-state index contributed by atoms with van der Waals surface area (Å²) in [5, 5.41) is 12.8. The molecule has 0 amide bonds. The van der Waals surface area contributed by atoms with Gasteiger partial charge in [-0.3, -0.25) is 0 Å². The van der Waals surface area contributed by atoms with Gasteiger partial charge in [0.15, 0.2) is 0 Å². The lowest BCUT2D eigenvalue weighted by Gasteiger charge is -2.15. The van der Waals surface area contributed by atoms with Gasteiger partial charge in [-0.15, -0.1) is 0 Å². The zero-order chi connectivity index (χ0) is 15.5. The van der Waals surface area contributed by atoms with Crippen LogP contribution in [0.4, 0.5) is 4.39 Å². The summed E-state index contributed by atoms with van der Waals surface area (Å²) in [5.41, 5.74) is 0.703. The smallest absolute Gasteiger partial charge is 0.124 e. The molecule has 5 nitrogen and oxygen atoms in total. The van der Waals surface area contributed by atoms with Crippen molar-refractivity contribution < 1.29 is 23.7 Å². The molecule has 0 fully saturated rings. The van der Waals surface area contributed by atoms with Gasteiger partial charge in [0.25, 0.3) is 0 Å².